The number of halogens is 1. The third-order valence-electron chi connectivity index (χ3n) is 3.30. The first-order valence-electron chi connectivity index (χ1n) is 6.34. The molecule has 0 spiro atoms. The summed E-state index contributed by atoms with van der Waals surface area (Å²) in [6, 6.07) is 6.69. The van der Waals surface area contributed by atoms with Crippen LogP contribution in [0.1, 0.15) is 34.4 Å². The van der Waals surface area contributed by atoms with E-state index in [-0.39, 0.29) is 23.9 Å². The van der Waals surface area contributed by atoms with Crippen LogP contribution >= 0.6 is 11.6 Å². The predicted molar refractivity (Wildman–Crippen MR) is 75.3 cm³/mol. The highest BCUT2D eigenvalue weighted by atomic mass is 35.5. The third-order valence-corrected chi connectivity index (χ3v) is 3.61. The molecule has 2 heterocycles. The monoisotopic (exact) mass is 289 g/mol. The lowest BCUT2D eigenvalue weighted by Gasteiger charge is -2.05. The molecule has 102 valence electrons. The van der Waals surface area contributed by atoms with Gasteiger partial charge in [0, 0.05) is 17.7 Å². The van der Waals surface area contributed by atoms with Crippen LogP contribution in [0.3, 0.4) is 0 Å². The summed E-state index contributed by atoms with van der Waals surface area (Å²) < 4.78 is 5.45. The van der Waals surface area contributed by atoms with E-state index in [0.717, 1.165) is 17.7 Å². The minimum absolute atomic E-state index is 0.0908. The number of amides is 1. The average Bonchev–Trinajstić information content (AvgIpc) is 3.02. The number of hydrogen-bond acceptors (Lipinski definition) is 3. The Morgan fingerprint density at radius 2 is 2.20 bits per heavy atom. The smallest absolute Gasteiger partial charge is 0.229 e. The van der Waals surface area contributed by atoms with Gasteiger partial charge in [0.15, 0.2) is 5.76 Å². The molecular formula is C15H12ClNO3. The number of aryl methyl sites for hydroxylation is 1. The molecule has 0 unspecified atom stereocenters. The predicted octanol–water partition coefficient (Wildman–Crippen LogP) is 3.22. The summed E-state index contributed by atoms with van der Waals surface area (Å²) in [6.07, 6.45) is 0.995. The molecule has 1 aromatic heterocycles. The van der Waals surface area contributed by atoms with Crippen LogP contribution in [0, 0.1) is 0 Å². The zero-order valence-electron chi connectivity index (χ0n) is 10.8. The Bertz CT molecular complexity index is 718. The van der Waals surface area contributed by atoms with Gasteiger partial charge in [0.05, 0.1) is 11.4 Å². The van der Waals surface area contributed by atoms with Gasteiger partial charge in [-0.3, -0.25) is 9.59 Å². The van der Waals surface area contributed by atoms with Gasteiger partial charge >= 0.3 is 0 Å². The molecule has 1 N–H and O–H groups in total. The van der Waals surface area contributed by atoms with Gasteiger partial charge in [0.1, 0.15) is 5.76 Å². The van der Waals surface area contributed by atoms with E-state index in [9.17, 15) is 9.59 Å². The normalized spacial score (nSPS) is 13.2. The van der Waals surface area contributed by atoms with Crippen molar-refractivity contribution in [1.29, 1.82) is 0 Å². The standard InChI is InChI=1S/C15H12ClNO3/c1-2-9-3-4-13(20-9)15(19)10-5-8-6-14(18)17-12(8)7-11(10)16/h3-5,7H,2,6H2,1H3,(H,17,18). The molecule has 1 aliphatic heterocycles. The maximum Gasteiger partial charge on any atom is 0.229 e. The van der Waals surface area contributed by atoms with Crippen LogP contribution in [0.4, 0.5) is 5.69 Å². The summed E-state index contributed by atoms with van der Waals surface area (Å²) in [5.74, 6) is 0.659. The number of nitrogens with one attached hydrogen (secondary N) is 1. The average molecular weight is 290 g/mol. The van der Waals surface area contributed by atoms with Gasteiger partial charge in [-0.25, -0.2) is 0 Å². The molecule has 1 aliphatic rings. The summed E-state index contributed by atoms with van der Waals surface area (Å²) >= 11 is 6.13. The Labute approximate surface area is 120 Å². The van der Waals surface area contributed by atoms with Crippen LogP contribution in [0.2, 0.25) is 5.02 Å². The van der Waals surface area contributed by atoms with Gasteiger partial charge in [0.2, 0.25) is 11.7 Å². The van der Waals surface area contributed by atoms with Crippen molar-refractivity contribution >= 4 is 29.0 Å². The van der Waals surface area contributed by atoms with E-state index in [2.05, 4.69) is 5.32 Å². The molecule has 0 fully saturated rings. The number of rotatable bonds is 3. The number of hydrogen-bond donors (Lipinski definition) is 1. The fraction of sp³-hybridized carbons (Fsp3) is 0.200. The highest BCUT2D eigenvalue weighted by Crippen LogP contribution is 2.31. The highest BCUT2D eigenvalue weighted by Gasteiger charge is 2.23. The van der Waals surface area contributed by atoms with E-state index in [1.54, 1.807) is 24.3 Å². The van der Waals surface area contributed by atoms with Crippen LogP contribution < -0.4 is 5.32 Å². The van der Waals surface area contributed by atoms with Crippen molar-refractivity contribution < 1.29 is 14.0 Å². The molecule has 0 aliphatic carbocycles. The fourth-order valence-electron chi connectivity index (χ4n) is 2.24. The topological polar surface area (TPSA) is 59.3 Å². The molecule has 4 nitrogen and oxygen atoms in total. The number of carbonyl (C=O) groups is 2. The van der Waals surface area contributed by atoms with Crippen LogP contribution in [0.25, 0.3) is 0 Å². The van der Waals surface area contributed by atoms with Crippen LogP contribution in [0.5, 0.6) is 0 Å². The summed E-state index contributed by atoms with van der Waals surface area (Å²) in [5.41, 5.74) is 1.81. The van der Waals surface area contributed by atoms with Crippen molar-refractivity contribution in [3.8, 4) is 0 Å². The molecule has 0 atom stereocenters. The second-order valence-corrected chi connectivity index (χ2v) is 5.07. The number of ketones is 1. The first kappa shape index (κ1) is 12.9. The number of benzene rings is 1. The van der Waals surface area contributed by atoms with Crippen molar-refractivity contribution in [2.45, 2.75) is 19.8 Å². The summed E-state index contributed by atoms with van der Waals surface area (Å²) in [5, 5.41) is 3.01. The zero-order valence-corrected chi connectivity index (χ0v) is 11.6. The molecular weight excluding hydrogens is 278 g/mol. The van der Waals surface area contributed by atoms with E-state index in [1.807, 2.05) is 6.92 Å². The second kappa shape index (κ2) is 4.80. The fourth-order valence-corrected chi connectivity index (χ4v) is 2.49. The van der Waals surface area contributed by atoms with Gasteiger partial charge < -0.3 is 9.73 Å². The van der Waals surface area contributed by atoms with Gasteiger partial charge in [-0.15, -0.1) is 0 Å². The minimum Gasteiger partial charge on any atom is -0.458 e. The van der Waals surface area contributed by atoms with Crippen molar-refractivity contribution in [3.63, 3.8) is 0 Å². The first-order valence-corrected chi connectivity index (χ1v) is 6.72. The largest absolute Gasteiger partial charge is 0.458 e. The summed E-state index contributed by atoms with van der Waals surface area (Å²) in [4.78, 5) is 23.7. The molecule has 0 bridgehead atoms. The number of anilines is 1. The lowest BCUT2D eigenvalue weighted by atomic mass is 10.0. The molecule has 0 saturated heterocycles. The van der Waals surface area contributed by atoms with Crippen molar-refractivity contribution in [1.82, 2.24) is 0 Å². The summed E-state index contributed by atoms with van der Waals surface area (Å²) in [6.45, 7) is 1.95. The van der Waals surface area contributed by atoms with E-state index in [1.165, 1.54) is 0 Å². The Balaban J connectivity index is 2.00. The Morgan fingerprint density at radius 1 is 1.40 bits per heavy atom. The lowest BCUT2D eigenvalue weighted by molar-refractivity contribution is -0.115. The molecule has 0 saturated carbocycles. The Kier molecular flexibility index (Phi) is 3.10. The second-order valence-electron chi connectivity index (χ2n) is 4.66. The Hall–Kier alpha value is -2.07. The van der Waals surface area contributed by atoms with Crippen LogP contribution in [-0.4, -0.2) is 11.7 Å². The van der Waals surface area contributed by atoms with E-state index >= 15 is 0 Å². The van der Waals surface area contributed by atoms with E-state index in [0.29, 0.717) is 16.3 Å². The molecule has 1 amide bonds. The van der Waals surface area contributed by atoms with Crippen molar-refractivity contribution in [3.05, 3.63) is 51.9 Å². The number of carbonyl (C=O) groups excluding carboxylic acids is 2. The Morgan fingerprint density at radius 3 is 2.90 bits per heavy atom. The molecule has 1 aromatic carbocycles. The minimum atomic E-state index is -0.267. The molecule has 5 heteroatoms. The van der Waals surface area contributed by atoms with Gasteiger partial charge in [-0.1, -0.05) is 18.5 Å². The number of fused-ring (bicyclic) bond motifs is 1. The number of furan rings is 1. The SMILES string of the molecule is CCc1ccc(C(=O)c2cc3c(cc2Cl)NC(=O)C3)o1. The summed E-state index contributed by atoms with van der Waals surface area (Å²) in [7, 11) is 0. The molecule has 0 radical (unpaired) electrons. The van der Waals surface area contributed by atoms with Gasteiger partial charge in [-0.2, -0.15) is 0 Å². The highest BCUT2D eigenvalue weighted by molar-refractivity contribution is 6.35. The third kappa shape index (κ3) is 2.12. The van der Waals surface area contributed by atoms with Crippen molar-refractivity contribution in [2.75, 3.05) is 5.32 Å². The molecule has 20 heavy (non-hydrogen) atoms. The maximum absolute atomic E-state index is 12.4. The zero-order chi connectivity index (χ0) is 14.3. The van der Waals surface area contributed by atoms with Crippen LogP contribution in [0.15, 0.2) is 28.7 Å². The molecule has 3 rings (SSSR count). The maximum atomic E-state index is 12.4. The van der Waals surface area contributed by atoms with Gasteiger partial charge in [-0.05, 0) is 29.8 Å². The van der Waals surface area contributed by atoms with E-state index < -0.39 is 0 Å². The lowest BCUT2D eigenvalue weighted by Crippen LogP contribution is -2.03. The first-order chi connectivity index (χ1) is 9.58. The van der Waals surface area contributed by atoms with Crippen molar-refractivity contribution in [2.24, 2.45) is 0 Å². The van der Waals surface area contributed by atoms with Gasteiger partial charge in [0.25, 0.3) is 0 Å². The molecule has 2 aromatic rings. The van der Waals surface area contributed by atoms with Crippen LogP contribution in [-0.2, 0) is 17.6 Å². The quantitative estimate of drug-likeness (QED) is 0.883. The van der Waals surface area contributed by atoms with E-state index in [4.69, 9.17) is 16.0 Å².